The number of fused-ring (bicyclic) bond motifs is 3. The molecule has 2 unspecified atom stereocenters. The first-order chi connectivity index (χ1) is 22.2. The molecule has 1 saturated heterocycles. The third-order valence-electron chi connectivity index (χ3n) is 10.7. The van der Waals surface area contributed by atoms with E-state index in [1.807, 2.05) is 43.3 Å². The molecule has 47 heavy (non-hydrogen) atoms. The van der Waals surface area contributed by atoms with E-state index >= 15 is 0 Å². The van der Waals surface area contributed by atoms with Gasteiger partial charge in [0.2, 0.25) is 5.91 Å². The molecule has 3 fully saturated rings. The predicted octanol–water partition coefficient (Wildman–Crippen LogP) is 1.01. The Labute approximate surface area is 273 Å². The van der Waals surface area contributed by atoms with Crippen molar-refractivity contribution in [3.63, 3.8) is 0 Å². The maximum absolute atomic E-state index is 14.3. The molecule has 2 saturated carbocycles. The van der Waals surface area contributed by atoms with Gasteiger partial charge >= 0.3 is 0 Å². The number of nitrogens with zero attached hydrogens (tertiary/aromatic N) is 3. The summed E-state index contributed by atoms with van der Waals surface area (Å²) in [6.45, 7) is 2.56. The van der Waals surface area contributed by atoms with Crippen LogP contribution in [0.3, 0.4) is 0 Å². The number of ketones is 4. The van der Waals surface area contributed by atoms with Crippen molar-refractivity contribution in [2.24, 2.45) is 29.4 Å². The SMILES string of the molecule is CN(C)c1cc(NC2CCN(Cc3ccccc3)CC2)c(O)c2c1C[C@@H]1C[C@@H]3[C@@H](N(C)C)C(=O)C(C(N)=O)C(=O)[C@]3(O)C(=O)C1C2=O. The molecule has 4 aliphatic rings. The van der Waals surface area contributed by atoms with Crippen molar-refractivity contribution < 1.29 is 34.2 Å². The van der Waals surface area contributed by atoms with E-state index in [-0.39, 0.29) is 30.2 Å². The van der Waals surface area contributed by atoms with Crippen LogP contribution in [0.15, 0.2) is 36.4 Å². The van der Waals surface area contributed by atoms with Gasteiger partial charge in [-0.2, -0.15) is 0 Å². The lowest BCUT2D eigenvalue weighted by atomic mass is 9.52. The highest BCUT2D eigenvalue weighted by atomic mass is 16.3. The van der Waals surface area contributed by atoms with Gasteiger partial charge in [0.1, 0.15) is 5.75 Å². The standard InChI is InChI=1S/C35H43N5O7/c1-38(2)24-16-23(37-20-10-12-40(13-11-20)17-18-8-6-5-7-9-18)29(41)26-21(24)14-19-15-22-28(39(3)4)31(43)27(34(36)46)33(45)35(22,47)32(44)25(19)30(26)42/h5-9,16,19-20,22,25,27-28,37,41,47H,10-15,17H2,1-4H3,(H2,36,46)/t19-,22-,25?,27?,28-,35-/m1/s1. The number of anilines is 2. The molecule has 250 valence electrons. The lowest BCUT2D eigenvalue weighted by molar-refractivity contribution is -0.181. The van der Waals surface area contributed by atoms with Crippen LogP contribution in [0.2, 0.25) is 0 Å². The second-order valence-electron chi connectivity index (χ2n) is 14.0. The molecule has 3 aliphatic carbocycles. The molecule has 0 bridgehead atoms. The molecule has 0 aromatic heterocycles. The Morgan fingerprint density at radius 1 is 1.04 bits per heavy atom. The maximum Gasteiger partial charge on any atom is 0.235 e. The van der Waals surface area contributed by atoms with Gasteiger partial charge < -0.3 is 26.2 Å². The normalized spacial score (nSPS) is 29.7. The molecule has 1 amide bonds. The van der Waals surface area contributed by atoms with Gasteiger partial charge in [-0.05, 0) is 62.9 Å². The number of amides is 1. The summed E-state index contributed by atoms with van der Waals surface area (Å²) in [5.41, 5.74) is 5.57. The predicted molar refractivity (Wildman–Crippen MR) is 174 cm³/mol. The molecule has 12 heteroatoms. The molecule has 2 aromatic carbocycles. The van der Waals surface area contributed by atoms with Gasteiger partial charge in [0.25, 0.3) is 0 Å². The molecule has 12 nitrogen and oxygen atoms in total. The van der Waals surface area contributed by atoms with E-state index < -0.39 is 64.4 Å². The molecule has 0 radical (unpaired) electrons. The van der Waals surface area contributed by atoms with E-state index in [4.69, 9.17) is 5.73 Å². The Morgan fingerprint density at radius 3 is 2.30 bits per heavy atom. The van der Waals surface area contributed by atoms with Crippen LogP contribution >= 0.6 is 0 Å². The highest BCUT2D eigenvalue weighted by Gasteiger charge is 2.69. The number of hydrogen-bond donors (Lipinski definition) is 4. The number of piperidine rings is 1. The summed E-state index contributed by atoms with van der Waals surface area (Å²) in [6.07, 6.45) is 1.87. The Hall–Kier alpha value is -4.13. The third kappa shape index (κ3) is 5.32. The number of benzene rings is 2. The number of phenols is 1. The average molecular weight is 646 g/mol. The number of primary amides is 1. The zero-order valence-corrected chi connectivity index (χ0v) is 27.2. The molecule has 1 heterocycles. The monoisotopic (exact) mass is 645 g/mol. The van der Waals surface area contributed by atoms with Crippen LogP contribution in [0.4, 0.5) is 11.4 Å². The summed E-state index contributed by atoms with van der Waals surface area (Å²) in [4.78, 5) is 73.4. The lowest BCUT2D eigenvalue weighted by Gasteiger charge is -2.52. The molecular formula is C35H43N5O7. The number of carbonyl (C=O) groups excluding carboxylic acids is 5. The first-order valence-electron chi connectivity index (χ1n) is 16.2. The molecule has 2 aromatic rings. The summed E-state index contributed by atoms with van der Waals surface area (Å²) < 4.78 is 0. The van der Waals surface area contributed by atoms with E-state index in [1.165, 1.54) is 10.5 Å². The quantitative estimate of drug-likeness (QED) is 0.250. The fourth-order valence-corrected chi connectivity index (χ4v) is 8.46. The van der Waals surface area contributed by atoms with Gasteiger partial charge in [-0.3, -0.25) is 33.8 Å². The Balaban J connectivity index is 1.31. The number of aliphatic hydroxyl groups is 1. The second-order valence-corrected chi connectivity index (χ2v) is 14.0. The van der Waals surface area contributed by atoms with E-state index in [0.717, 1.165) is 32.5 Å². The van der Waals surface area contributed by atoms with Crippen LogP contribution in [0.25, 0.3) is 0 Å². The Bertz CT molecular complexity index is 1630. The number of nitrogens with one attached hydrogen (secondary N) is 1. The minimum Gasteiger partial charge on any atom is -0.505 e. The van der Waals surface area contributed by atoms with Crippen molar-refractivity contribution in [3.8, 4) is 5.75 Å². The Morgan fingerprint density at radius 2 is 1.70 bits per heavy atom. The number of rotatable bonds is 7. The van der Waals surface area contributed by atoms with Gasteiger partial charge in [-0.25, -0.2) is 0 Å². The molecular weight excluding hydrogens is 602 g/mol. The number of aromatic hydroxyl groups is 1. The summed E-state index contributed by atoms with van der Waals surface area (Å²) in [6, 6.07) is 11.0. The second kappa shape index (κ2) is 12.1. The minimum absolute atomic E-state index is 0.00758. The highest BCUT2D eigenvalue weighted by Crippen LogP contribution is 2.53. The number of Topliss-reactive ketones (excluding diaryl/α,β-unsaturated/α-hetero) is 4. The number of carbonyl (C=O) groups is 5. The number of phenolic OH excluding ortho intramolecular Hbond substituents is 1. The highest BCUT2D eigenvalue weighted by molar-refractivity contribution is 6.32. The topological polar surface area (TPSA) is 174 Å². The Kier molecular flexibility index (Phi) is 8.48. The van der Waals surface area contributed by atoms with Crippen molar-refractivity contribution >= 4 is 40.4 Å². The first kappa shape index (κ1) is 32.8. The largest absolute Gasteiger partial charge is 0.505 e. The maximum atomic E-state index is 14.3. The summed E-state index contributed by atoms with van der Waals surface area (Å²) in [5, 5.41) is 26.9. The summed E-state index contributed by atoms with van der Waals surface area (Å²) in [7, 11) is 6.81. The third-order valence-corrected chi connectivity index (χ3v) is 10.7. The smallest absolute Gasteiger partial charge is 0.235 e. The average Bonchev–Trinajstić information content (AvgIpc) is 3.01. The lowest BCUT2D eigenvalue weighted by Crippen LogP contribution is -2.74. The first-order valence-corrected chi connectivity index (χ1v) is 16.2. The van der Waals surface area contributed by atoms with Crippen molar-refractivity contribution in [3.05, 3.63) is 53.1 Å². The van der Waals surface area contributed by atoms with Crippen LogP contribution in [-0.2, 0) is 32.1 Å². The van der Waals surface area contributed by atoms with E-state index in [0.29, 0.717) is 16.9 Å². The molecule has 6 rings (SSSR count). The number of likely N-dealkylation sites (tertiary alicyclic amines) is 1. The zero-order valence-electron chi connectivity index (χ0n) is 27.2. The van der Waals surface area contributed by atoms with E-state index in [1.54, 1.807) is 14.1 Å². The fourth-order valence-electron chi connectivity index (χ4n) is 8.46. The van der Waals surface area contributed by atoms with Crippen LogP contribution < -0.4 is 16.0 Å². The van der Waals surface area contributed by atoms with Crippen LogP contribution in [0.5, 0.6) is 5.75 Å². The van der Waals surface area contributed by atoms with Gasteiger partial charge in [0.05, 0.1) is 23.2 Å². The molecule has 6 atom stereocenters. The van der Waals surface area contributed by atoms with Gasteiger partial charge in [-0.1, -0.05) is 30.3 Å². The fraction of sp³-hybridized carbons (Fsp3) is 0.514. The van der Waals surface area contributed by atoms with Gasteiger partial charge in [-0.15, -0.1) is 0 Å². The van der Waals surface area contributed by atoms with Crippen molar-refractivity contribution in [2.75, 3.05) is 51.5 Å². The molecule has 1 aliphatic heterocycles. The number of likely N-dealkylation sites (N-methyl/N-ethyl adjacent to an activating group) is 1. The summed E-state index contributed by atoms with van der Waals surface area (Å²) in [5.74, 6) is -10.5. The molecule has 5 N–H and O–H groups in total. The van der Waals surface area contributed by atoms with Crippen molar-refractivity contribution in [2.45, 2.75) is 49.9 Å². The number of nitrogens with two attached hydrogens (primary N) is 1. The van der Waals surface area contributed by atoms with Crippen LogP contribution in [0.1, 0.15) is 40.7 Å². The van der Waals surface area contributed by atoms with Crippen molar-refractivity contribution in [1.29, 1.82) is 0 Å². The molecule has 0 spiro atoms. The van der Waals surface area contributed by atoms with Gasteiger partial charge in [0, 0.05) is 51.4 Å². The van der Waals surface area contributed by atoms with Crippen LogP contribution in [0, 0.1) is 23.7 Å². The number of hydrogen-bond acceptors (Lipinski definition) is 11. The van der Waals surface area contributed by atoms with Crippen molar-refractivity contribution in [1.82, 2.24) is 9.80 Å². The zero-order chi connectivity index (χ0) is 33.9. The van der Waals surface area contributed by atoms with Crippen LogP contribution in [-0.4, -0.2) is 108 Å². The minimum atomic E-state index is -2.75. The van der Waals surface area contributed by atoms with Gasteiger partial charge in [0.15, 0.2) is 34.7 Å². The van der Waals surface area contributed by atoms with E-state index in [2.05, 4.69) is 22.3 Å². The van der Waals surface area contributed by atoms with E-state index in [9.17, 15) is 34.2 Å². The summed E-state index contributed by atoms with van der Waals surface area (Å²) >= 11 is 0.